The molecule has 1 atom stereocenters. The molecule has 0 aliphatic carbocycles. The number of hydrogen-bond donors (Lipinski definition) is 1. The molecular weight excluding hydrogens is 244 g/mol. The first-order valence-electron chi connectivity index (χ1n) is 7.35. The summed E-state index contributed by atoms with van der Waals surface area (Å²) in [7, 11) is 0. The zero-order valence-corrected chi connectivity index (χ0v) is 12.3. The lowest BCUT2D eigenvalue weighted by atomic mass is 10.1. The summed E-state index contributed by atoms with van der Waals surface area (Å²) in [6.45, 7) is 7.47. The molecule has 1 aliphatic heterocycles. The third-order valence-electron chi connectivity index (χ3n) is 3.99. The highest BCUT2D eigenvalue weighted by Crippen LogP contribution is 2.28. The van der Waals surface area contributed by atoms with Gasteiger partial charge in [-0.3, -0.25) is 0 Å². The summed E-state index contributed by atoms with van der Waals surface area (Å²) in [5.74, 6) is 0. The molecule has 0 radical (unpaired) electrons. The van der Waals surface area contributed by atoms with Gasteiger partial charge in [0, 0.05) is 31.4 Å². The molecule has 1 heterocycles. The first-order chi connectivity index (χ1) is 9.74. The van der Waals surface area contributed by atoms with Crippen molar-refractivity contribution in [3.8, 4) is 0 Å². The van der Waals surface area contributed by atoms with Crippen LogP contribution in [0.4, 0.5) is 5.69 Å². The van der Waals surface area contributed by atoms with Gasteiger partial charge in [0.25, 0.3) is 0 Å². The van der Waals surface area contributed by atoms with Gasteiger partial charge in [0.05, 0.1) is 0 Å². The van der Waals surface area contributed by atoms with Gasteiger partial charge in [-0.2, -0.15) is 0 Å². The van der Waals surface area contributed by atoms with Crippen LogP contribution in [-0.4, -0.2) is 12.6 Å². The van der Waals surface area contributed by atoms with E-state index in [1.165, 1.54) is 22.4 Å². The molecule has 3 rings (SSSR count). The summed E-state index contributed by atoms with van der Waals surface area (Å²) in [5.41, 5.74) is 5.56. The number of fused-ring (bicyclic) bond motifs is 1. The Morgan fingerprint density at radius 1 is 1.10 bits per heavy atom. The molecule has 0 bridgehead atoms. The third kappa shape index (κ3) is 2.70. The zero-order chi connectivity index (χ0) is 13.9. The molecule has 0 aromatic heterocycles. The van der Waals surface area contributed by atoms with Gasteiger partial charge in [-0.1, -0.05) is 48.5 Å². The van der Waals surface area contributed by atoms with Crippen molar-refractivity contribution in [1.82, 2.24) is 5.32 Å². The molecule has 2 nitrogen and oxygen atoms in total. The quantitative estimate of drug-likeness (QED) is 0.895. The molecule has 1 N–H and O–H groups in total. The van der Waals surface area contributed by atoms with Crippen LogP contribution in [0.2, 0.25) is 0 Å². The summed E-state index contributed by atoms with van der Waals surface area (Å²) in [6.07, 6.45) is 0. The average Bonchev–Trinajstić information content (AvgIpc) is 2.61. The predicted molar refractivity (Wildman–Crippen MR) is 85.0 cm³/mol. The van der Waals surface area contributed by atoms with Gasteiger partial charge in [0.2, 0.25) is 0 Å². The predicted octanol–water partition coefficient (Wildman–Crippen LogP) is 3.49. The van der Waals surface area contributed by atoms with Crippen molar-refractivity contribution in [3.63, 3.8) is 0 Å². The van der Waals surface area contributed by atoms with E-state index in [2.05, 4.69) is 72.6 Å². The van der Waals surface area contributed by atoms with Crippen molar-refractivity contribution < 1.29 is 0 Å². The molecule has 0 fully saturated rings. The summed E-state index contributed by atoms with van der Waals surface area (Å²) in [4.78, 5) is 2.52. The Hall–Kier alpha value is -1.80. The van der Waals surface area contributed by atoms with Gasteiger partial charge in [-0.15, -0.1) is 0 Å². The monoisotopic (exact) mass is 266 g/mol. The van der Waals surface area contributed by atoms with Crippen LogP contribution in [-0.2, 0) is 13.1 Å². The van der Waals surface area contributed by atoms with E-state index in [1.807, 2.05) is 0 Å². The molecule has 2 heteroatoms. The lowest BCUT2D eigenvalue weighted by molar-refractivity contribution is 0.552. The molecule has 2 aromatic rings. The lowest BCUT2D eigenvalue weighted by Crippen LogP contribution is -2.35. The van der Waals surface area contributed by atoms with Crippen LogP contribution < -0.4 is 10.2 Å². The molecule has 2 aromatic carbocycles. The van der Waals surface area contributed by atoms with E-state index in [-0.39, 0.29) is 0 Å². The van der Waals surface area contributed by atoms with E-state index >= 15 is 0 Å². The third-order valence-corrected chi connectivity index (χ3v) is 3.99. The van der Waals surface area contributed by atoms with Crippen molar-refractivity contribution >= 4 is 5.69 Å². The molecule has 1 aliphatic rings. The Bertz CT molecular complexity index is 577. The summed E-state index contributed by atoms with van der Waals surface area (Å²) >= 11 is 0. The van der Waals surface area contributed by atoms with Crippen LogP contribution in [0, 0.1) is 6.92 Å². The van der Waals surface area contributed by atoms with E-state index < -0.39 is 0 Å². The Morgan fingerprint density at radius 2 is 1.90 bits per heavy atom. The van der Waals surface area contributed by atoms with Gasteiger partial charge in [0.15, 0.2) is 0 Å². The van der Waals surface area contributed by atoms with Gasteiger partial charge < -0.3 is 10.2 Å². The topological polar surface area (TPSA) is 15.3 Å². The van der Waals surface area contributed by atoms with Gasteiger partial charge in [-0.05, 0) is 30.5 Å². The Morgan fingerprint density at radius 3 is 2.70 bits per heavy atom. The fourth-order valence-electron chi connectivity index (χ4n) is 3.03. The highest BCUT2D eigenvalue weighted by molar-refractivity contribution is 5.60. The van der Waals surface area contributed by atoms with Crippen LogP contribution in [0.15, 0.2) is 48.5 Å². The standard InChI is InChI=1S/C18H22N2/c1-14-7-6-10-17-11-19-15(2)12-20(18(14)17)13-16-8-4-3-5-9-16/h3-10,15,19H,11-13H2,1-2H3. The van der Waals surface area contributed by atoms with E-state index in [4.69, 9.17) is 0 Å². The van der Waals surface area contributed by atoms with Gasteiger partial charge in [0.1, 0.15) is 0 Å². The van der Waals surface area contributed by atoms with E-state index in [0.717, 1.165) is 19.6 Å². The minimum Gasteiger partial charge on any atom is -0.365 e. The molecule has 0 saturated carbocycles. The second-order valence-electron chi connectivity index (χ2n) is 5.73. The smallest absolute Gasteiger partial charge is 0.0445 e. The van der Waals surface area contributed by atoms with Crippen molar-refractivity contribution in [3.05, 3.63) is 65.2 Å². The van der Waals surface area contributed by atoms with E-state index in [1.54, 1.807) is 0 Å². The van der Waals surface area contributed by atoms with Gasteiger partial charge >= 0.3 is 0 Å². The van der Waals surface area contributed by atoms with Crippen molar-refractivity contribution in [2.24, 2.45) is 0 Å². The number of anilines is 1. The Balaban J connectivity index is 1.96. The fourth-order valence-corrected chi connectivity index (χ4v) is 3.03. The van der Waals surface area contributed by atoms with Crippen molar-refractivity contribution in [2.45, 2.75) is 33.0 Å². The molecule has 20 heavy (non-hydrogen) atoms. The molecule has 104 valence electrons. The average molecular weight is 266 g/mol. The molecule has 1 unspecified atom stereocenters. The molecule has 0 spiro atoms. The van der Waals surface area contributed by atoms with Crippen molar-refractivity contribution in [1.29, 1.82) is 0 Å². The van der Waals surface area contributed by atoms with Crippen LogP contribution in [0.5, 0.6) is 0 Å². The fraction of sp³-hybridized carbons (Fsp3) is 0.333. The summed E-state index contributed by atoms with van der Waals surface area (Å²) in [5, 5.41) is 3.60. The maximum absolute atomic E-state index is 3.60. The SMILES string of the molecule is Cc1cccc2c1N(Cc1ccccc1)CC(C)NC2. The van der Waals surface area contributed by atoms with Crippen LogP contribution in [0.25, 0.3) is 0 Å². The Kier molecular flexibility index (Phi) is 3.75. The van der Waals surface area contributed by atoms with Crippen molar-refractivity contribution in [2.75, 3.05) is 11.4 Å². The summed E-state index contributed by atoms with van der Waals surface area (Å²) < 4.78 is 0. The van der Waals surface area contributed by atoms with Crippen LogP contribution in [0.3, 0.4) is 0 Å². The zero-order valence-electron chi connectivity index (χ0n) is 12.3. The Labute approximate surface area is 121 Å². The maximum atomic E-state index is 3.60. The number of para-hydroxylation sites is 1. The number of nitrogens with zero attached hydrogens (tertiary/aromatic N) is 1. The number of nitrogens with one attached hydrogen (secondary N) is 1. The molecule has 0 amide bonds. The van der Waals surface area contributed by atoms with E-state index in [0.29, 0.717) is 6.04 Å². The number of benzene rings is 2. The second-order valence-corrected chi connectivity index (χ2v) is 5.73. The van der Waals surface area contributed by atoms with Crippen LogP contribution in [0.1, 0.15) is 23.6 Å². The highest BCUT2D eigenvalue weighted by Gasteiger charge is 2.20. The molecular formula is C18H22N2. The highest BCUT2D eigenvalue weighted by atomic mass is 15.2. The number of rotatable bonds is 2. The maximum Gasteiger partial charge on any atom is 0.0445 e. The number of hydrogen-bond acceptors (Lipinski definition) is 2. The minimum absolute atomic E-state index is 0.505. The lowest BCUT2D eigenvalue weighted by Gasteiger charge is -2.28. The number of aryl methyl sites for hydroxylation is 1. The normalized spacial score (nSPS) is 18.5. The van der Waals surface area contributed by atoms with Gasteiger partial charge in [-0.25, -0.2) is 0 Å². The first-order valence-corrected chi connectivity index (χ1v) is 7.35. The summed E-state index contributed by atoms with van der Waals surface area (Å²) in [6, 6.07) is 17.9. The largest absolute Gasteiger partial charge is 0.365 e. The minimum atomic E-state index is 0.505. The second kappa shape index (κ2) is 5.68. The van der Waals surface area contributed by atoms with E-state index in [9.17, 15) is 0 Å². The first kappa shape index (κ1) is 13.2. The van der Waals surface area contributed by atoms with Crippen LogP contribution >= 0.6 is 0 Å². The molecule has 0 saturated heterocycles.